The van der Waals surface area contributed by atoms with E-state index in [4.69, 9.17) is 27.9 Å². The molecule has 0 aliphatic carbocycles. The van der Waals surface area contributed by atoms with E-state index in [2.05, 4.69) is 5.32 Å². The SMILES string of the molecule is CC(C)CNC(=O)C(Cc1ccccc1)N(Cc1c(Cl)cccc1Cl)C(=O)CN(c1ccc(Oc2ccccc2)cc1)S(C)(=O)=O. The largest absolute Gasteiger partial charge is 0.457 e. The quantitative estimate of drug-likeness (QED) is 0.155. The molecule has 0 radical (unpaired) electrons. The minimum absolute atomic E-state index is 0.120. The number of nitrogens with one attached hydrogen (secondary N) is 1. The van der Waals surface area contributed by atoms with E-state index in [1.807, 2.05) is 62.4 Å². The van der Waals surface area contributed by atoms with Crippen molar-refractivity contribution in [2.24, 2.45) is 5.92 Å². The lowest BCUT2D eigenvalue weighted by atomic mass is 10.0. The van der Waals surface area contributed by atoms with Crippen LogP contribution in [-0.2, 0) is 32.6 Å². The molecule has 2 amide bonds. The summed E-state index contributed by atoms with van der Waals surface area (Å²) in [5.41, 5.74) is 1.53. The molecule has 0 aliphatic rings. The van der Waals surface area contributed by atoms with Crippen LogP contribution in [0.4, 0.5) is 5.69 Å². The summed E-state index contributed by atoms with van der Waals surface area (Å²) >= 11 is 13.1. The maximum absolute atomic E-state index is 14.3. The zero-order chi connectivity index (χ0) is 33.3. The predicted molar refractivity (Wildman–Crippen MR) is 184 cm³/mol. The van der Waals surface area contributed by atoms with Gasteiger partial charge in [-0.1, -0.05) is 91.6 Å². The Balaban J connectivity index is 1.70. The van der Waals surface area contributed by atoms with Gasteiger partial charge in [0.15, 0.2) is 0 Å². The highest BCUT2D eigenvalue weighted by atomic mass is 35.5. The Labute approximate surface area is 280 Å². The molecule has 1 N–H and O–H groups in total. The third-order valence-electron chi connectivity index (χ3n) is 7.13. The summed E-state index contributed by atoms with van der Waals surface area (Å²) in [6.45, 7) is 3.65. The highest BCUT2D eigenvalue weighted by molar-refractivity contribution is 7.92. The lowest BCUT2D eigenvalue weighted by Gasteiger charge is -2.34. The van der Waals surface area contributed by atoms with Crippen molar-refractivity contribution in [2.45, 2.75) is 32.9 Å². The Bertz CT molecular complexity index is 1700. The minimum atomic E-state index is -3.94. The number of anilines is 1. The Morgan fingerprint density at radius 3 is 1.93 bits per heavy atom. The van der Waals surface area contributed by atoms with E-state index in [1.165, 1.54) is 4.90 Å². The number of carbonyl (C=O) groups is 2. The second kappa shape index (κ2) is 16.0. The number of sulfonamides is 1. The van der Waals surface area contributed by atoms with Gasteiger partial charge in [0.1, 0.15) is 24.1 Å². The van der Waals surface area contributed by atoms with Gasteiger partial charge in [0.2, 0.25) is 21.8 Å². The monoisotopic (exact) mass is 681 g/mol. The van der Waals surface area contributed by atoms with E-state index in [0.717, 1.165) is 16.1 Å². The van der Waals surface area contributed by atoms with Crippen LogP contribution in [0.2, 0.25) is 10.0 Å². The molecule has 0 saturated carbocycles. The van der Waals surface area contributed by atoms with Gasteiger partial charge >= 0.3 is 0 Å². The molecule has 0 saturated heterocycles. The molecular formula is C35H37Cl2N3O5S. The van der Waals surface area contributed by atoms with Crippen LogP contribution < -0.4 is 14.4 Å². The third kappa shape index (κ3) is 9.72. The average molecular weight is 683 g/mol. The third-order valence-corrected chi connectivity index (χ3v) is 8.98. The van der Waals surface area contributed by atoms with Gasteiger partial charge in [-0.15, -0.1) is 0 Å². The summed E-state index contributed by atoms with van der Waals surface area (Å²) in [7, 11) is -3.94. The van der Waals surface area contributed by atoms with Gasteiger partial charge in [0, 0.05) is 35.1 Å². The number of hydrogen-bond acceptors (Lipinski definition) is 5. The minimum Gasteiger partial charge on any atom is -0.457 e. The topological polar surface area (TPSA) is 96.0 Å². The number of nitrogens with zero attached hydrogens (tertiary/aromatic N) is 2. The fourth-order valence-corrected chi connectivity index (χ4v) is 6.12. The lowest BCUT2D eigenvalue weighted by molar-refractivity contribution is -0.140. The van der Waals surface area contributed by atoms with Crippen molar-refractivity contribution in [1.82, 2.24) is 10.2 Å². The van der Waals surface area contributed by atoms with Crippen LogP contribution in [0.1, 0.15) is 25.0 Å². The van der Waals surface area contributed by atoms with Gasteiger partial charge in [0.25, 0.3) is 0 Å². The summed E-state index contributed by atoms with van der Waals surface area (Å²) < 4.78 is 33.1. The standard InChI is InChI=1S/C35H37Cl2N3O5S/c1-25(2)22-38-35(42)33(21-26-11-6-4-7-12-26)39(23-30-31(36)15-10-16-32(30)37)34(41)24-40(46(3,43)44)27-17-19-29(20-18-27)45-28-13-8-5-9-14-28/h4-20,25,33H,21-24H2,1-3H3,(H,38,42). The normalized spacial score (nSPS) is 12.0. The molecule has 0 spiro atoms. The van der Waals surface area contributed by atoms with Crippen molar-refractivity contribution >= 4 is 50.7 Å². The molecule has 0 aliphatic heterocycles. The average Bonchev–Trinajstić information content (AvgIpc) is 3.02. The van der Waals surface area contributed by atoms with Crippen molar-refractivity contribution in [3.63, 3.8) is 0 Å². The molecular weight excluding hydrogens is 645 g/mol. The molecule has 4 aromatic carbocycles. The van der Waals surface area contributed by atoms with Crippen LogP contribution in [-0.4, -0.2) is 50.5 Å². The van der Waals surface area contributed by atoms with E-state index in [9.17, 15) is 18.0 Å². The summed E-state index contributed by atoms with van der Waals surface area (Å²) in [6, 6.07) is 28.9. The van der Waals surface area contributed by atoms with Crippen LogP contribution in [0.5, 0.6) is 11.5 Å². The molecule has 242 valence electrons. The molecule has 4 aromatic rings. The highest BCUT2D eigenvalue weighted by Crippen LogP contribution is 2.29. The second-order valence-corrected chi connectivity index (χ2v) is 14.0. The van der Waals surface area contributed by atoms with Crippen LogP contribution in [0.3, 0.4) is 0 Å². The van der Waals surface area contributed by atoms with E-state index < -0.39 is 28.5 Å². The first-order chi connectivity index (χ1) is 21.9. The first kappa shape index (κ1) is 34.8. The summed E-state index contributed by atoms with van der Waals surface area (Å²) in [6.07, 6.45) is 1.21. The molecule has 4 rings (SSSR count). The number of para-hydroxylation sites is 1. The van der Waals surface area contributed by atoms with Crippen molar-refractivity contribution < 1.29 is 22.7 Å². The maximum atomic E-state index is 14.3. The van der Waals surface area contributed by atoms with Crippen molar-refractivity contribution in [1.29, 1.82) is 0 Å². The van der Waals surface area contributed by atoms with Crippen molar-refractivity contribution in [3.8, 4) is 11.5 Å². The molecule has 0 heterocycles. The van der Waals surface area contributed by atoms with Gasteiger partial charge in [-0.25, -0.2) is 8.42 Å². The smallest absolute Gasteiger partial charge is 0.244 e. The summed E-state index contributed by atoms with van der Waals surface area (Å²) in [5, 5.41) is 3.59. The Kier molecular flexibility index (Phi) is 12.1. The highest BCUT2D eigenvalue weighted by Gasteiger charge is 2.34. The van der Waals surface area contributed by atoms with Crippen molar-refractivity contribution in [3.05, 3.63) is 124 Å². The van der Waals surface area contributed by atoms with Crippen molar-refractivity contribution in [2.75, 3.05) is 23.7 Å². The number of hydrogen-bond donors (Lipinski definition) is 1. The molecule has 1 unspecified atom stereocenters. The second-order valence-electron chi connectivity index (χ2n) is 11.2. The van der Waals surface area contributed by atoms with Gasteiger partial charge in [0.05, 0.1) is 11.9 Å². The molecule has 11 heteroatoms. The van der Waals surface area contributed by atoms with Crippen LogP contribution in [0.25, 0.3) is 0 Å². The number of rotatable bonds is 14. The fourth-order valence-electron chi connectivity index (χ4n) is 4.75. The summed E-state index contributed by atoms with van der Waals surface area (Å²) in [5.74, 6) is 0.307. The molecule has 0 aromatic heterocycles. The number of halogens is 2. The molecule has 0 bridgehead atoms. The van der Waals surface area contributed by atoms with Crippen LogP contribution in [0.15, 0.2) is 103 Å². The zero-order valence-electron chi connectivity index (χ0n) is 25.9. The van der Waals surface area contributed by atoms with Crippen LogP contribution in [0, 0.1) is 5.92 Å². The van der Waals surface area contributed by atoms with E-state index >= 15 is 0 Å². The fraction of sp³-hybridized carbons (Fsp3) is 0.257. The molecule has 46 heavy (non-hydrogen) atoms. The number of benzene rings is 4. The Morgan fingerprint density at radius 2 is 1.37 bits per heavy atom. The number of carbonyl (C=O) groups excluding carboxylic acids is 2. The molecule has 8 nitrogen and oxygen atoms in total. The van der Waals surface area contributed by atoms with Gasteiger partial charge in [-0.3, -0.25) is 13.9 Å². The lowest BCUT2D eigenvalue weighted by Crippen LogP contribution is -2.53. The summed E-state index contributed by atoms with van der Waals surface area (Å²) in [4.78, 5) is 29.5. The first-order valence-corrected chi connectivity index (χ1v) is 17.4. The zero-order valence-corrected chi connectivity index (χ0v) is 28.2. The molecule has 0 fully saturated rings. The van der Waals surface area contributed by atoms with Gasteiger partial charge < -0.3 is 15.0 Å². The number of ether oxygens (including phenoxy) is 1. The molecule has 1 atom stereocenters. The van der Waals surface area contributed by atoms with Crippen LogP contribution >= 0.6 is 23.2 Å². The van der Waals surface area contributed by atoms with Gasteiger partial charge in [-0.05, 0) is 60.0 Å². The van der Waals surface area contributed by atoms with E-state index in [-0.39, 0.29) is 30.5 Å². The van der Waals surface area contributed by atoms with E-state index in [1.54, 1.807) is 54.6 Å². The maximum Gasteiger partial charge on any atom is 0.244 e. The first-order valence-electron chi connectivity index (χ1n) is 14.8. The number of amides is 2. The predicted octanol–water partition coefficient (Wildman–Crippen LogP) is 6.96. The van der Waals surface area contributed by atoms with Gasteiger partial charge in [-0.2, -0.15) is 0 Å². The Morgan fingerprint density at radius 1 is 0.804 bits per heavy atom. The Hall–Kier alpha value is -4.05. The van der Waals surface area contributed by atoms with E-state index in [0.29, 0.717) is 33.7 Å².